The molecule has 3 aromatic rings. The van der Waals surface area contributed by atoms with Crippen LogP contribution >= 0.6 is 0 Å². The van der Waals surface area contributed by atoms with Gasteiger partial charge in [0.15, 0.2) is 0 Å². The normalized spacial score (nSPS) is 11.6. The maximum absolute atomic E-state index is 11.3. The van der Waals surface area contributed by atoms with Crippen molar-refractivity contribution in [2.75, 3.05) is 0 Å². The number of primary sulfonamides is 1. The number of nitrogens with two attached hydrogens (primary N) is 1. The summed E-state index contributed by atoms with van der Waals surface area (Å²) in [5, 5.41) is 5.12. The fraction of sp³-hybridized carbons (Fsp3) is 0.111. The molecule has 5 heteroatoms. The summed E-state index contributed by atoms with van der Waals surface area (Å²) in [6.07, 6.45) is 3.99. The van der Waals surface area contributed by atoms with Gasteiger partial charge in [-0.25, -0.2) is 13.6 Å². The van der Waals surface area contributed by atoms with Crippen LogP contribution in [0, 0.1) is 13.8 Å². The summed E-state index contributed by atoms with van der Waals surface area (Å²) in [7, 11) is -3.66. The highest BCUT2D eigenvalue weighted by Crippen LogP contribution is 2.24. The van der Waals surface area contributed by atoms with E-state index in [1.165, 1.54) is 28.8 Å². The van der Waals surface area contributed by atoms with Crippen LogP contribution in [0.4, 0.5) is 0 Å². The van der Waals surface area contributed by atoms with Crippen molar-refractivity contribution in [3.8, 4) is 16.8 Å². The molecule has 4 nitrogen and oxygen atoms in total. The molecule has 0 aliphatic heterocycles. The molecular formula is C18H18N2O2S. The molecule has 0 atom stereocenters. The van der Waals surface area contributed by atoms with E-state index in [0.717, 1.165) is 11.3 Å². The van der Waals surface area contributed by atoms with Gasteiger partial charge in [-0.3, -0.25) is 0 Å². The SMILES string of the molecule is Cc1cc(C)cc(-c2ccn(-c3ccc(S(N)(=O)=O)cc3)c2)c1. The van der Waals surface area contributed by atoms with E-state index in [1.807, 2.05) is 23.0 Å². The molecule has 118 valence electrons. The number of nitrogens with zero attached hydrogens (tertiary/aromatic N) is 1. The number of rotatable bonds is 3. The fourth-order valence-corrected chi connectivity index (χ4v) is 3.19. The summed E-state index contributed by atoms with van der Waals surface area (Å²) in [6, 6.07) is 15.0. The van der Waals surface area contributed by atoms with Crippen LogP contribution < -0.4 is 5.14 Å². The molecule has 1 aromatic heterocycles. The molecule has 0 fully saturated rings. The largest absolute Gasteiger partial charge is 0.323 e. The zero-order chi connectivity index (χ0) is 16.6. The second-order valence-electron chi connectivity index (χ2n) is 5.72. The molecule has 1 heterocycles. The van der Waals surface area contributed by atoms with Crippen LogP contribution in [0.25, 0.3) is 16.8 Å². The average Bonchev–Trinajstić information content (AvgIpc) is 2.95. The Labute approximate surface area is 136 Å². The third-order valence-corrected chi connectivity index (χ3v) is 4.64. The monoisotopic (exact) mass is 326 g/mol. The van der Waals surface area contributed by atoms with Gasteiger partial charge in [0.2, 0.25) is 10.0 Å². The minimum atomic E-state index is -3.66. The molecule has 0 amide bonds. The van der Waals surface area contributed by atoms with Crippen LogP contribution in [-0.2, 0) is 10.0 Å². The second-order valence-corrected chi connectivity index (χ2v) is 7.28. The molecule has 3 rings (SSSR count). The summed E-state index contributed by atoms with van der Waals surface area (Å²) >= 11 is 0. The van der Waals surface area contributed by atoms with Gasteiger partial charge in [0.05, 0.1) is 4.90 Å². The van der Waals surface area contributed by atoms with Gasteiger partial charge in [-0.2, -0.15) is 0 Å². The lowest BCUT2D eigenvalue weighted by Crippen LogP contribution is -2.11. The third-order valence-electron chi connectivity index (χ3n) is 3.71. The lowest BCUT2D eigenvalue weighted by atomic mass is 10.0. The fourth-order valence-electron chi connectivity index (χ4n) is 2.68. The van der Waals surface area contributed by atoms with E-state index in [9.17, 15) is 8.42 Å². The van der Waals surface area contributed by atoms with Crippen molar-refractivity contribution >= 4 is 10.0 Å². The molecule has 0 saturated carbocycles. The van der Waals surface area contributed by atoms with Crippen LogP contribution in [0.5, 0.6) is 0 Å². The first-order valence-corrected chi connectivity index (χ1v) is 8.77. The maximum atomic E-state index is 11.3. The Hall–Kier alpha value is -2.37. The molecule has 2 N–H and O–H groups in total. The van der Waals surface area contributed by atoms with Gasteiger partial charge in [0, 0.05) is 18.1 Å². The molecule has 2 aromatic carbocycles. The summed E-state index contributed by atoms with van der Waals surface area (Å²) in [5.74, 6) is 0. The van der Waals surface area contributed by atoms with E-state index in [2.05, 4.69) is 32.0 Å². The summed E-state index contributed by atoms with van der Waals surface area (Å²) in [6.45, 7) is 4.17. The summed E-state index contributed by atoms with van der Waals surface area (Å²) in [4.78, 5) is 0.114. The minimum absolute atomic E-state index is 0.114. The zero-order valence-corrected chi connectivity index (χ0v) is 13.8. The molecule has 0 bridgehead atoms. The molecule has 0 unspecified atom stereocenters. The standard InChI is InChI=1S/C18H18N2O2S/c1-13-9-14(2)11-16(10-13)15-7-8-20(12-15)17-3-5-18(6-4-17)23(19,21)22/h3-12H,1-2H3,(H2,19,21,22). The molecule has 0 aliphatic rings. The minimum Gasteiger partial charge on any atom is -0.323 e. The Balaban J connectivity index is 1.96. The Morgan fingerprint density at radius 3 is 2.04 bits per heavy atom. The Morgan fingerprint density at radius 1 is 0.870 bits per heavy atom. The summed E-state index contributed by atoms with van der Waals surface area (Å²) in [5.41, 5.74) is 5.62. The van der Waals surface area contributed by atoms with Crippen molar-refractivity contribution in [1.82, 2.24) is 4.57 Å². The van der Waals surface area contributed by atoms with Gasteiger partial charge >= 0.3 is 0 Å². The quantitative estimate of drug-likeness (QED) is 0.801. The van der Waals surface area contributed by atoms with Gasteiger partial charge in [-0.1, -0.05) is 29.3 Å². The number of hydrogen-bond donors (Lipinski definition) is 1. The molecule has 0 spiro atoms. The highest BCUT2D eigenvalue weighted by molar-refractivity contribution is 7.89. The number of benzene rings is 2. The van der Waals surface area contributed by atoms with Crippen molar-refractivity contribution in [3.63, 3.8) is 0 Å². The third kappa shape index (κ3) is 3.36. The van der Waals surface area contributed by atoms with Crippen molar-refractivity contribution in [3.05, 3.63) is 72.1 Å². The van der Waals surface area contributed by atoms with E-state index < -0.39 is 10.0 Å². The van der Waals surface area contributed by atoms with Gasteiger partial charge in [-0.15, -0.1) is 0 Å². The van der Waals surface area contributed by atoms with Crippen LogP contribution in [0.15, 0.2) is 65.8 Å². The number of hydrogen-bond acceptors (Lipinski definition) is 2. The maximum Gasteiger partial charge on any atom is 0.238 e. The van der Waals surface area contributed by atoms with E-state index in [0.29, 0.717) is 0 Å². The average molecular weight is 326 g/mol. The first-order valence-electron chi connectivity index (χ1n) is 7.23. The molecular weight excluding hydrogens is 308 g/mol. The Morgan fingerprint density at radius 2 is 1.48 bits per heavy atom. The topological polar surface area (TPSA) is 65.1 Å². The lowest BCUT2D eigenvalue weighted by Gasteiger charge is -2.05. The highest BCUT2D eigenvalue weighted by Gasteiger charge is 2.08. The van der Waals surface area contributed by atoms with E-state index in [-0.39, 0.29) is 4.90 Å². The lowest BCUT2D eigenvalue weighted by molar-refractivity contribution is 0.598. The van der Waals surface area contributed by atoms with Gasteiger partial charge < -0.3 is 4.57 Å². The van der Waals surface area contributed by atoms with Crippen molar-refractivity contribution in [2.24, 2.45) is 5.14 Å². The molecule has 0 aliphatic carbocycles. The van der Waals surface area contributed by atoms with Crippen molar-refractivity contribution in [2.45, 2.75) is 18.7 Å². The predicted molar refractivity (Wildman–Crippen MR) is 92.1 cm³/mol. The molecule has 0 saturated heterocycles. The smallest absolute Gasteiger partial charge is 0.238 e. The van der Waals surface area contributed by atoms with Crippen molar-refractivity contribution < 1.29 is 8.42 Å². The van der Waals surface area contributed by atoms with Gasteiger partial charge in [0.1, 0.15) is 0 Å². The second kappa shape index (κ2) is 5.68. The highest BCUT2D eigenvalue weighted by atomic mass is 32.2. The molecule has 23 heavy (non-hydrogen) atoms. The van der Waals surface area contributed by atoms with Crippen LogP contribution in [0.2, 0.25) is 0 Å². The van der Waals surface area contributed by atoms with E-state index in [4.69, 9.17) is 5.14 Å². The van der Waals surface area contributed by atoms with Crippen LogP contribution in [-0.4, -0.2) is 13.0 Å². The molecule has 0 radical (unpaired) electrons. The Bertz CT molecular complexity index is 935. The number of aromatic nitrogens is 1. The first-order chi connectivity index (χ1) is 10.8. The number of aryl methyl sites for hydroxylation is 2. The number of sulfonamides is 1. The van der Waals surface area contributed by atoms with E-state index in [1.54, 1.807) is 12.1 Å². The predicted octanol–water partition coefficient (Wildman–Crippen LogP) is 3.41. The Kier molecular flexibility index (Phi) is 3.83. The zero-order valence-electron chi connectivity index (χ0n) is 13.0. The van der Waals surface area contributed by atoms with Crippen LogP contribution in [0.1, 0.15) is 11.1 Å². The first kappa shape index (κ1) is 15.5. The summed E-state index contributed by atoms with van der Waals surface area (Å²) < 4.78 is 24.6. The van der Waals surface area contributed by atoms with Gasteiger partial charge in [-0.05, 0) is 55.3 Å². The van der Waals surface area contributed by atoms with Gasteiger partial charge in [0.25, 0.3) is 0 Å². The van der Waals surface area contributed by atoms with Crippen molar-refractivity contribution in [1.29, 1.82) is 0 Å². The van der Waals surface area contributed by atoms with Crippen LogP contribution in [0.3, 0.4) is 0 Å². The van der Waals surface area contributed by atoms with E-state index >= 15 is 0 Å².